The molecule has 13 heavy (non-hydrogen) atoms. The molecule has 1 N–H and O–H groups in total. The summed E-state index contributed by atoms with van der Waals surface area (Å²) in [4.78, 5) is 4.40. The fourth-order valence-corrected chi connectivity index (χ4v) is 2.13. The zero-order chi connectivity index (χ0) is 9.10. The molecule has 2 unspecified atom stereocenters. The van der Waals surface area contributed by atoms with Crippen LogP contribution in [-0.4, -0.2) is 18.1 Å². The third-order valence-electron chi connectivity index (χ3n) is 2.95. The van der Waals surface area contributed by atoms with Gasteiger partial charge in [-0.1, -0.05) is 6.07 Å². The van der Waals surface area contributed by atoms with Crippen LogP contribution in [0, 0.1) is 0 Å². The Hall–Kier alpha value is -0.890. The van der Waals surface area contributed by atoms with Crippen molar-refractivity contribution < 1.29 is 0 Å². The van der Waals surface area contributed by atoms with Crippen LogP contribution in [0.25, 0.3) is 0 Å². The van der Waals surface area contributed by atoms with Gasteiger partial charge in [0.1, 0.15) is 0 Å². The molecule has 0 aliphatic heterocycles. The molecule has 2 atom stereocenters. The summed E-state index contributed by atoms with van der Waals surface area (Å²) in [6.07, 6.45) is 5.70. The molecule has 0 saturated heterocycles. The Morgan fingerprint density at radius 2 is 2.31 bits per heavy atom. The predicted octanol–water partition coefficient (Wildman–Crippen LogP) is 1.94. The van der Waals surface area contributed by atoms with Crippen LogP contribution in [0.1, 0.15) is 30.9 Å². The summed E-state index contributed by atoms with van der Waals surface area (Å²) >= 11 is 0. The molecule has 1 saturated carbocycles. The molecule has 2 heteroatoms. The van der Waals surface area contributed by atoms with E-state index in [0.29, 0.717) is 12.0 Å². The molecule has 1 aliphatic carbocycles. The minimum atomic E-state index is 0.679. The van der Waals surface area contributed by atoms with Crippen LogP contribution in [-0.2, 0) is 0 Å². The van der Waals surface area contributed by atoms with E-state index in [4.69, 9.17) is 0 Å². The molecule has 0 spiro atoms. The van der Waals surface area contributed by atoms with Crippen molar-refractivity contribution in [3.05, 3.63) is 30.1 Å². The van der Waals surface area contributed by atoms with Gasteiger partial charge in [0, 0.05) is 23.9 Å². The molecule has 1 heterocycles. The van der Waals surface area contributed by atoms with Gasteiger partial charge in [0.15, 0.2) is 0 Å². The first-order valence-electron chi connectivity index (χ1n) is 4.98. The number of nitrogens with zero attached hydrogens (tertiary/aromatic N) is 1. The van der Waals surface area contributed by atoms with Crippen LogP contribution in [0.3, 0.4) is 0 Å². The van der Waals surface area contributed by atoms with Crippen molar-refractivity contribution in [1.82, 2.24) is 10.3 Å². The second kappa shape index (κ2) is 3.88. The molecule has 1 fully saturated rings. The lowest BCUT2D eigenvalue weighted by Gasteiger charge is -2.09. The fourth-order valence-electron chi connectivity index (χ4n) is 2.13. The van der Waals surface area contributed by atoms with Gasteiger partial charge >= 0.3 is 0 Å². The monoisotopic (exact) mass is 176 g/mol. The molecule has 0 amide bonds. The molecule has 1 aromatic heterocycles. The van der Waals surface area contributed by atoms with Crippen molar-refractivity contribution in [2.24, 2.45) is 0 Å². The summed E-state index contributed by atoms with van der Waals surface area (Å²) < 4.78 is 0. The number of nitrogens with one attached hydrogen (secondary N) is 1. The quantitative estimate of drug-likeness (QED) is 0.745. The van der Waals surface area contributed by atoms with Gasteiger partial charge in [-0.2, -0.15) is 0 Å². The van der Waals surface area contributed by atoms with E-state index in [0.717, 1.165) is 0 Å². The first-order chi connectivity index (χ1) is 6.40. The van der Waals surface area contributed by atoms with E-state index in [2.05, 4.69) is 22.4 Å². The maximum absolute atomic E-state index is 4.40. The van der Waals surface area contributed by atoms with Gasteiger partial charge in [0.2, 0.25) is 0 Å². The number of pyridine rings is 1. The minimum Gasteiger partial charge on any atom is -0.317 e. The largest absolute Gasteiger partial charge is 0.317 e. The van der Waals surface area contributed by atoms with Gasteiger partial charge in [0.05, 0.1) is 0 Å². The van der Waals surface area contributed by atoms with Crippen molar-refractivity contribution >= 4 is 0 Å². The molecular formula is C11H16N2. The second-order valence-corrected chi connectivity index (χ2v) is 3.75. The van der Waals surface area contributed by atoms with E-state index in [-0.39, 0.29) is 0 Å². The Bertz CT molecular complexity index is 258. The normalized spacial score (nSPS) is 27.8. The molecule has 70 valence electrons. The van der Waals surface area contributed by atoms with E-state index >= 15 is 0 Å². The first kappa shape index (κ1) is 8.70. The molecular weight excluding hydrogens is 160 g/mol. The minimum absolute atomic E-state index is 0.679. The average Bonchev–Trinajstić information content (AvgIpc) is 2.67. The maximum Gasteiger partial charge on any atom is 0.0435 e. The topological polar surface area (TPSA) is 24.9 Å². The summed E-state index contributed by atoms with van der Waals surface area (Å²) in [5, 5.41) is 3.34. The molecule has 0 aromatic carbocycles. The third-order valence-corrected chi connectivity index (χ3v) is 2.95. The van der Waals surface area contributed by atoms with Gasteiger partial charge in [-0.15, -0.1) is 0 Å². The standard InChI is InChI=1S/C11H16N2/c1-12-10-6-5-9(8-10)11-4-2-3-7-13-11/h2-4,7,9-10,12H,5-6,8H2,1H3. The highest BCUT2D eigenvalue weighted by molar-refractivity contribution is 5.11. The molecule has 0 radical (unpaired) electrons. The number of rotatable bonds is 2. The Kier molecular flexibility index (Phi) is 2.60. The van der Waals surface area contributed by atoms with Crippen LogP contribution in [0.2, 0.25) is 0 Å². The first-order valence-corrected chi connectivity index (χ1v) is 4.98. The van der Waals surface area contributed by atoms with Crippen molar-refractivity contribution in [3.63, 3.8) is 0 Å². The zero-order valence-corrected chi connectivity index (χ0v) is 8.03. The highest BCUT2D eigenvalue weighted by atomic mass is 14.9. The van der Waals surface area contributed by atoms with Crippen LogP contribution in [0.4, 0.5) is 0 Å². The highest BCUT2D eigenvalue weighted by Crippen LogP contribution is 2.32. The highest BCUT2D eigenvalue weighted by Gasteiger charge is 2.24. The van der Waals surface area contributed by atoms with Crippen molar-refractivity contribution in [2.75, 3.05) is 7.05 Å². The molecule has 0 bridgehead atoms. The van der Waals surface area contributed by atoms with Gasteiger partial charge in [0.25, 0.3) is 0 Å². The van der Waals surface area contributed by atoms with Crippen molar-refractivity contribution in [1.29, 1.82) is 0 Å². The Balaban J connectivity index is 2.04. The Morgan fingerprint density at radius 3 is 2.92 bits per heavy atom. The smallest absolute Gasteiger partial charge is 0.0435 e. The van der Waals surface area contributed by atoms with E-state index < -0.39 is 0 Å². The second-order valence-electron chi connectivity index (χ2n) is 3.75. The van der Waals surface area contributed by atoms with E-state index in [1.165, 1.54) is 25.0 Å². The number of aromatic nitrogens is 1. The summed E-state index contributed by atoms with van der Waals surface area (Å²) in [5.41, 5.74) is 1.26. The summed E-state index contributed by atoms with van der Waals surface area (Å²) in [7, 11) is 2.05. The lowest BCUT2D eigenvalue weighted by atomic mass is 10.0. The molecule has 1 aliphatic rings. The lowest BCUT2D eigenvalue weighted by Crippen LogP contribution is -2.21. The van der Waals surface area contributed by atoms with Gasteiger partial charge < -0.3 is 5.32 Å². The Morgan fingerprint density at radius 1 is 1.38 bits per heavy atom. The van der Waals surface area contributed by atoms with E-state index in [1.54, 1.807) is 0 Å². The van der Waals surface area contributed by atoms with Crippen LogP contribution in [0.5, 0.6) is 0 Å². The van der Waals surface area contributed by atoms with Gasteiger partial charge in [-0.25, -0.2) is 0 Å². The average molecular weight is 176 g/mol. The summed E-state index contributed by atoms with van der Waals surface area (Å²) in [6, 6.07) is 6.90. The molecule has 2 nitrogen and oxygen atoms in total. The number of hydrogen-bond donors (Lipinski definition) is 1. The Labute approximate surface area is 79.4 Å². The van der Waals surface area contributed by atoms with Crippen molar-refractivity contribution in [3.8, 4) is 0 Å². The van der Waals surface area contributed by atoms with Gasteiger partial charge in [-0.05, 0) is 38.4 Å². The van der Waals surface area contributed by atoms with Crippen LogP contribution >= 0.6 is 0 Å². The van der Waals surface area contributed by atoms with Gasteiger partial charge in [-0.3, -0.25) is 4.98 Å². The van der Waals surface area contributed by atoms with E-state index in [1.807, 2.05) is 19.3 Å². The van der Waals surface area contributed by atoms with Crippen LogP contribution < -0.4 is 5.32 Å². The predicted molar refractivity (Wildman–Crippen MR) is 53.7 cm³/mol. The maximum atomic E-state index is 4.40. The molecule has 2 rings (SSSR count). The summed E-state index contributed by atoms with van der Waals surface area (Å²) in [6.45, 7) is 0. The lowest BCUT2D eigenvalue weighted by molar-refractivity contribution is 0.569. The number of hydrogen-bond acceptors (Lipinski definition) is 2. The third kappa shape index (κ3) is 1.89. The van der Waals surface area contributed by atoms with E-state index in [9.17, 15) is 0 Å². The van der Waals surface area contributed by atoms with Crippen LogP contribution in [0.15, 0.2) is 24.4 Å². The summed E-state index contributed by atoms with van der Waals surface area (Å²) in [5.74, 6) is 0.679. The zero-order valence-electron chi connectivity index (χ0n) is 8.03. The SMILES string of the molecule is CNC1CCC(c2ccccn2)C1. The fraction of sp³-hybridized carbons (Fsp3) is 0.545. The van der Waals surface area contributed by atoms with Crippen molar-refractivity contribution in [2.45, 2.75) is 31.2 Å². The molecule has 1 aromatic rings.